The van der Waals surface area contributed by atoms with E-state index in [1.807, 2.05) is 18.4 Å². The Morgan fingerprint density at radius 2 is 1.96 bits per heavy atom. The lowest BCUT2D eigenvalue weighted by atomic mass is 10.2. The molecule has 8 heteroatoms. The molecule has 0 atom stereocenters. The lowest BCUT2D eigenvalue weighted by Crippen LogP contribution is -2.11. The van der Waals surface area contributed by atoms with Gasteiger partial charge in [0.15, 0.2) is 0 Å². The van der Waals surface area contributed by atoms with Gasteiger partial charge in [-0.15, -0.1) is 11.3 Å². The van der Waals surface area contributed by atoms with Crippen molar-refractivity contribution in [2.24, 2.45) is 0 Å². The highest BCUT2D eigenvalue weighted by atomic mass is 35.5. The lowest BCUT2D eigenvalue weighted by Gasteiger charge is -2.07. The summed E-state index contributed by atoms with van der Waals surface area (Å²) in [5, 5.41) is 15.9. The molecule has 0 fully saturated rings. The maximum Gasteiger partial charge on any atom is 0.269 e. The van der Waals surface area contributed by atoms with Crippen molar-refractivity contribution in [2.75, 3.05) is 5.32 Å². The van der Waals surface area contributed by atoms with E-state index in [0.29, 0.717) is 21.3 Å². The number of amides is 1. The molecule has 6 nitrogen and oxygen atoms in total. The van der Waals surface area contributed by atoms with Gasteiger partial charge in [0.2, 0.25) is 0 Å². The number of hydrogen-bond acceptors (Lipinski definition) is 5. The van der Waals surface area contributed by atoms with Crippen molar-refractivity contribution in [1.29, 1.82) is 0 Å². The molecule has 0 spiro atoms. The molecule has 0 bridgehead atoms. The Bertz CT molecular complexity index is 986. The van der Waals surface area contributed by atoms with Crippen LogP contribution in [0.3, 0.4) is 0 Å². The number of ether oxygens (including phenoxy) is 1. The summed E-state index contributed by atoms with van der Waals surface area (Å²) < 4.78 is 5.61. The number of carbonyl (C=O) groups excluding carboxylic acids is 1. The molecule has 1 heterocycles. The first kappa shape index (κ1) is 18.9. The molecule has 27 heavy (non-hydrogen) atoms. The lowest BCUT2D eigenvalue weighted by molar-refractivity contribution is -0.384. The molecule has 1 N–H and O–H groups in total. The van der Waals surface area contributed by atoms with E-state index < -0.39 is 4.92 Å². The number of benzene rings is 2. The van der Waals surface area contributed by atoms with E-state index in [4.69, 9.17) is 16.3 Å². The molecule has 0 unspecified atom stereocenters. The fraction of sp³-hybridized carbons (Fsp3) is 0.105. The Kier molecular flexibility index (Phi) is 5.73. The van der Waals surface area contributed by atoms with Crippen LogP contribution in [-0.2, 0) is 6.61 Å². The fourth-order valence-electron chi connectivity index (χ4n) is 2.31. The zero-order chi connectivity index (χ0) is 19.4. The first-order valence-corrected chi connectivity index (χ1v) is 9.20. The largest absolute Gasteiger partial charge is 0.489 e. The summed E-state index contributed by atoms with van der Waals surface area (Å²) in [6, 6.07) is 12.9. The van der Waals surface area contributed by atoms with Crippen LogP contribution in [-0.4, -0.2) is 10.8 Å². The van der Waals surface area contributed by atoms with Gasteiger partial charge in [0.1, 0.15) is 12.4 Å². The highest BCUT2D eigenvalue weighted by Crippen LogP contribution is 2.24. The summed E-state index contributed by atoms with van der Waals surface area (Å²) in [5.41, 5.74) is 2.44. The van der Waals surface area contributed by atoms with Crippen molar-refractivity contribution < 1.29 is 14.5 Å². The number of nitro benzene ring substituents is 1. The summed E-state index contributed by atoms with van der Waals surface area (Å²) in [4.78, 5) is 23.2. The number of rotatable bonds is 6. The molecule has 2 aromatic carbocycles. The first-order valence-electron chi connectivity index (χ1n) is 7.94. The molecule has 0 saturated carbocycles. The van der Waals surface area contributed by atoms with Crippen molar-refractivity contribution in [1.82, 2.24) is 0 Å². The van der Waals surface area contributed by atoms with Crippen LogP contribution >= 0.6 is 22.9 Å². The number of hydrogen-bond donors (Lipinski definition) is 1. The third kappa shape index (κ3) is 4.84. The van der Waals surface area contributed by atoms with Crippen LogP contribution in [0.1, 0.15) is 20.8 Å². The van der Waals surface area contributed by atoms with Crippen molar-refractivity contribution >= 4 is 40.2 Å². The average Bonchev–Trinajstić information content (AvgIpc) is 3.12. The van der Waals surface area contributed by atoms with Gasteiger partial charge in [-0.1, -0.05) is 17.7 Å². The van der Waals surface area contributed by atoms with Crippen LogP contribution in [0.15, 0.2) is 53.9 Å². The number of anilines is 1. The summed E-state index contributed by atoms with van der Waals surface area (Å²) >= 11 is 7.29. The summed E-state index contributed by atoms with van der Waals surface area (Å²) in [7, 11) is 0. The molecule has 0 saturated heterocycles. The minimum atomic E-state index is -0.463. The highest BCUT2D eigenvalue weighted by Gasteiger charge is 2.12. The third-order valence-corrected chi connectivity index (χ3v) is 4.99. The summed E-state index contributed by atoms with van der Waals surface area (Å²) in [5.74, 6) is 0.305. The first-order chi connectivity index (χ1) is 12.9. The van der Waals surface area contributed by atoms with Crippen LogP contribution in [0, 0.1) is 17.0 Å². The van der Waals surface area contributed by atoms with Gasteiger partial charge >= 0.3 is 0 Å². The zero-order valence-corrected chi connectivity index (χ0v) is 15.8. The number of non-ortho nitro benzene ring substituents is 1. The number of nitrogens with one attached hydrogen (secondary N) is 1. The molecule has 1 amide bonds. The quantitative estimate of drug-likeness (QED) is 0.439. The van der Waals surface area contributed by atoms with Crippen molar-refractivity contribution in [2.45, 2.75) is 13.5 Å². The van der Waals surface area contributed by atoms with E-state index in [1.165, 1.54) is 23.5 Å². The van der Waals surface area contributed by atoms with Gasteiger partial charge in [-0.25, -0.2) is 0 Å². The van der Waals surface area contributed by atoms with Crippen molar-refractivity contribution in [3.8, 4) is 5.75 Å². The smallest absolute Gasteiger partial charge is 0.269 e. The topological polar surface area (TPSA) is 81.5 Å². The molecule has 0 aliphatic rings. The normalized spacial score (nSPS) is 10.4. The Balaban J connectivity index is 1.61. The second-order valence-corrected chi connectivity index (χ2v) is 7.12. The van der Waals surface area contributed by atoms with Crippen LogP contribution in [0.25, 0.3) is 0 Å². The SMILES string of the molecule is Cc1ccc(Cl)cc1NC(=O)c1cc(COc2ccc([N+](=O)[O-])cc2)cs1. The van der Waals surface area contributed by atoms with Crippen LogP contribution in [0.4, 0.5) is 11.4 Å². The summed E-state index contributed by atoms with van der Waals surface area (Å²) in [6.07, 6.45) is 0. The Morgan fingerprint density at radius 3 is 2.67 bits per heavy atom. The van der Waals surface area contributed by atoms with Gasteiger partial charge in [0, 0.05) is 28.4 Å². The van der Waals surface area contributed by atoms with Crippen molar-refractivity contribution in [3.05, 3.63) is 85.1 Å². The number of nitrogens with zero attached hydrogens (tertiary/aromatic N) is 1. The summed E-state index contributed by atoms with van der Waals surface area (Å²) in [6.45, 7) is 2.15. The molecular formula is C19H15ClN2O4S. The number of nitro groups is 1. The third-order valence-electron chi connectivity index (χ3n) is 3.78. The maximum atomic E-state index is 12.4. The second-order valence-electron chi connectivity index (χ2n) is 5.77. The second kappa shape index (κ2) is 8.20. The van der Waals surface area contributed by atoms with E-state index in [2.05, 4.69) is 5.32 Å². The maximum absolute atomic E-state index is 12.4. The predicted octanol–water partition coefficient (Wildman–Crippen LogP) is 5.45. The monoisotopic (exact) mass is 402 g/mol. The minimum absolute atomic E-state index is 0.00755. The molecular weight excluding hydrogens is 388 g/mol. The number of carbonyl (C=O) groups is 1. The molecule has 3 aromatic rings. The van der Waals surface area contributed by atoms with E-state index in [9.17, 15) is 14.9 Å². The zero-order valence-electron chi connectivity index (χ0n) is 14.3. The average molecular weight is 403 g/mol. The van der Waals surface area contributed by atoms with E-state index in [0.717, 1.165) is 11.1 Å². The fourth-order valence-corrected chi connectivity index (χ4v) is 3.28. The van der Waals surface area contributed by atoms with E-state index >= 15 is 0 Å². The predicted molar refractivity (Wildman–Crippen MR) is 106 cm³/mol. The van der Waals surface area contributed by atoms with Crippen LogP contribution < -0.4 is 10.1 Å². The van der Waals surface area contributed by atoms with E-state index in [-0.39, 0.29) is 18.2 Å². The number of halogens is 1. The molecule has 0 aliphatic heterocycles. The van der Waals surface area contributed by atoms with Gasteiger partial charge in [-0.05, 0) is 48.2 Å². The Morgan fingerprint density at radius 1 is 1.22 bits per heavy atom. The Hall–Kier alpha value is -2.90. The van der Waals surface area contributed by atoms with Gasteiger partial charge in [0.25, 0.3) is 11.6 Å². The standard InChI is InChI=1S/C19H15ClN2O4S/c1-12-2-3-14(20)9-17(12)21-19(23)18-8-13(11-27-18)10-26-16-6-4-15(5-7-16)22(24)25/h2-9,11H,10H2,1H3,(H,21,23). The van der Waals surface area contributed by atoms with E-state index in [1.54, 1.807) is 30.3 Å². The molecule has 0 radical (unpaired) electrons. The molecule has 0 aliphatic carbocycles. The van der Waals surface area contributed by atoms with Crippen LogP contribution in [0.5, 0.6) is 5.75 Å². The van der Waals surface area contributed by atoms with Crippen molar-refractivity contribution in [3.63, 3.8) is 0 Å². The van der Waals surface area contributed by atoms with Gasteiger partial charge in [0.05, 0.1) is 9.80 Å². The van der Waals surface area contributed by atoms with Crippen LogP contribution in [0.2, 0.25) is 5.02 Å². The highest BCUT2D eigenvalue weighted by molar-refractivity contribution is 7.12. The van der Waals surface area contributed by atoms with Gasteiger partial charge < -0.3 is 10.1 Å². The number of aryl methyl sites for hydroxylation is 1. The minimum Gasteiger partial charge on any atom is -0.489 e. The van der Waals surface area contributed by atoms with Gasteiger partial charge in [-0.2, -0.15) is 0 Å². The molecule has 138 valence electrons. The van der Waals surface area contributed by atoms with Gasteiger partial charge in [-0.3, -0.25) is 14.9 Å². The Labute approximate surface area is 164 Å². The molecule has 1 aromatic heterocycles. The number of thiophene rings is 1. The molecule has 3 rings (SSSR count).